The van der Waals surface area contributed by atoms with Crippen LogP contribution in [0, 0.1) is 0 Å². The zero-order valence-electron chi connectivity index (χ0n) is 6.87. The molecule has 1 heterocycles. The Bertz CT molecular complexity index is 237. The second kappa shape index (κ2) is 4.02. The van der Waals surface area contributed by atoms with Crippen molar-refractivity contribution >= 4 is 22.8 Å². The highest BCUT2D eigenvalue weighted by Gasteiger charge is 2.36. The van der Waals surface area contributed by atoms with Crippen molar-refractivity contribution in [2.45, 2.75) is 18.6 Å². The molecule has 2 atom stereocenters. The Morgan fingerprint density at radius 3 is 2.69 bits per heavy atom. The third kappa shape index (κ3) is 2.63. The molecule has 0 saturated carbocycles. The summed E-state index contributed by atoms with van der Waals surface area (Å²) in [7, 11) is 0. The molecule has 0 unspecified atom stereocenters. The van der Waals surface area contributed by atoms with Crippen molar-refractivity contribution in [3.05, 3.63) is 0 Å². The molecule has 0 aromatic rings. The molecule has 1 saturated heterocycles. The monoisotopic (exact) mass is 208 g/mol. The second-order valence-corrected chi connectivity index (χ2v) is 3.46. The number of rotatable bonds is 3. The molecule has 0 bridgehead atoms. The fourth-order valence-corrected chi connectivity index (χ4v) is 1.63. The van der Waals surface area contributed by atoms with E-state index in [0.29, 0.717) is 0 Å². The lowest BCUT2D eigenvalue weighted by Crippen LogP contribution is -2.42. The summed E-state index contributed by atoms with van der Waals surface area (Å²) < 4.78 is 12.8. The molecule has 4 nitrogen and oxygen atoms in total. The van der Waals surface area contributed by atoms with Crippen LogP contribution in [-0.4, -0.2) is 41.4 Å². The molecule has 1 amide bonds. The maximum atomic E-state index is 12.8. The summed E-state index contributed by atoms with van der Waals surface area (Å²) in [6, 6.07) is -0.697. The van der Waals surface area contributed by atoms with Crippen LogP contribution in [0.3, 0.4) is 0 Å². The average molecular weight is 209 g/mol. The Hall–Kier alpha value is -0.680. The number of amides is 1. The fraction of sp³-hybridized carbons (Fsp3) is 0.714. The van der Waals surface area contributed by atoms with Crippen molar-refractivity contribution in [3.8, 4) is 0 Å². The predicted octanol–water partition coefficient (Wildman–Crippen LogP) is -0.350. The van der Waals surface area contributed by atoms with Crippen LogP contribution in [0.25, 0.3) is 0 Å². The molecule has 0 spiro atoms. The van der Waals surface area contributed by atoms with Crippen molar-refractivity contribution in [1.29, 1.82) is 0 Å². The van der Waals surface area contributed by atoms with E-state index in [0.717, 1.165) is 0 Å². The third-order valence-electron chi connectivity index (χ3n) is 2.01. The van der Waals surface area contributed by atoms with Crippen LogP contribution in [0.1, 0.15) is 6.42 Å². The SMILES string of the molecule is NC(=O)[C@@H]1C[C@H](F)CN1CC(=O)Cl. The van der Waals surface area contributed by atoms with Crippen LogP contribution in [-0.2, 0) is 9.59 Å². The first-order valence-electron chi connectivity index (χ1n) is 3.86. The summed E-state index contributed by atoms with van der Waals surface area (Å²) in [4.78, 5) is 22.7. The van der Waals surface area contributed by atoms with Crippen molar-refractivity contribution in [1.82, 2.24) is 4.90 Å². The van der Waals surface area contributed by atoms with Crippen molar-refractivity contribution < 1.29 is 14.0 Å². The van der Waals surface area contributed by atoms with Crippen molar-refractivity contribution in [2.75, 3.05) is 13.1 Å². The summed E-state index contributed by atoms with van der Waals surface area (Å²) in [6.07, 6.45) is -1.05. The van der Waals surface area contributed by atoms with E-state index in [1.165, 1.54) is 4.90 Å². The summed E-state index contributed by atoms with van der Waals surface area (Å²) in [5.41, 5.74) is 5.02. The quantitative estimate of drug-likeness (QED) is 0.645. The van der Waals surface area contributed by atoms with Gasteiger partial charge in [-0.2, -0.15) is 0 Å². The summed E-state index contributed by atoms with van der Waals surface area (Å²) in [6.45, 7) is -0.0817. The number of carbonyl (C=O) groups is 2. The molecule has 2 N–H and O–H groups in total. The van der Waals surface area contributed by atoms with E-state index < -0.39 is 23.4 Å². The molecule has 0 radical (unpaired) electrons. The molecule has 74 valence electrons. The largest absolute Gasteiger partial charge is 0.368 e. The lowest BCUT2D eigenvalue weighted by molar-refractivity contribution is -0.123. The van der Waals surface area contributed by atoms with Crippen LogP contribution in [0.4, 0.5) is 4.39 Å². The molecule has 1 aliphatic rings. The van der Waals surface area contributed by atoms with E-state index in [2.05, 4.69) is 0 Å². The van der Waals surface area contributed by atoms with Crippen LogP contribution in [0.2, 0.25) is 0 Å². The highest BCUT2D eigenvalue weighted by atomic mass is 35.5. The van der Waals surface area contributed by atoms with Gasteiger partial charge >= 0.3 is 0 Å². The Kier molecular flexibility index (Phi) is 3.22. The standard InChI is InChI=1S/C7H10ClFN2O2/c8-6(12)3-11-2-4(9)1-5(11)7(10)13/h4-5H,1-3H2,(H2,10,13)/t4-,5-/m0/s1. The molecule has 0 aromatic heterocycles. The molecule has 0 aromatic carbocycles. The first-order valence-corrected chi connectivity index (χ1v) is 4.24. The van der Waals surface area contributed by atoms with Gasteiger partial charge in [-0.15, -0.1) is 0 Å². The zero-order valence-corrected chi connectivity index (χ0v) is 7.63. The average Bonchev–Trinajstić information content (AvgIpc) is 2.29. The first-order chi connectivity index (χ1) is 6.00. The maximum absolute atomic E-state index is 12.8. The molecule has 1 aliphatic heterocycles. The molecule has 1 rings (SSSR count). The molecule has 6 heteroatoms. The number of hydrogen-bond acceptors (Lipinski definition) is 3. The fourth-order valence-electron chi connectivity index (χ4n) is 1.48. The van der Waals surface area contributed by atoms with Crippen LogP contribution in [0.15, 0.2) is 0 Å². The lowest BCUT2D eigenvalue weighted by atomic mass is 10.2. The maximum Gasteiger partial charge on any atom is 0.235 e. The van der Waals surface area contributed by atoms with Gasteiger partial charge in [0.05, 0.1) is 12.6 Å². The number of primary amides is 1. The van der Waals surface area contributed by atoms with Gasteiger partial charge in [-0.25, -0.2) is 4.39 Å². The first kappa shape index (κ1) is 10.4. The molecular weight excluding hydrogens is 199 g/mol. The Balaban J connectivity index is 2.60. The summed E-state index contributed by atoms with van der Waals surface area (Å²) in [5, 5.41) is -0.611. The minimum Gasteiger partial charge on any atom is -0.368 e. The lowest BCUT2D eigenvalue weighted by Gasteiger charge is -2.18. The van der Waals surface area contributed by atoms with Gasteiger partial charge in [0.25, 0.3) is 0 Å². The molecule has 13 heavy (non-hydrogen) atoms. The smallest absolute Gasteiger partial charge is 0.235 e. The van der Waals surface area contributed by atoms with E-state index in [1.54, 1.807) is 0 Å². The van der Waals surface area contributed by atoms with Crippen molar-refractivity contribution in [2.24, 2.45) is 5.73 Å². The summed E-state index contributed by atoms with van der Waals surface area (Å²) in [5.74, 6) is -0.613. The number of nitrogens with zero attached hydrogens (tertiary/aromatic N) is 1. The van der Waals surface area contributed by atoms with Gasteiger partial charge in [-0.3, -0.25) is 14.5 Å². The normalized spacial score (nSPS) is 29.1. The minimum absolute atomic E-state index is 0.0477. The van der Waals surface area contributed by atoms with Crippen molar-refractivity contribution in [3.63, 3.8) is 0 Å². The van der Waals surface area contributed by atoms with Gasteiger partial charge in [-0.05, 0) is 11.6 Å². The van der Waals surface area contributed by atoms with Gasteiger partial charge in [0.1, 0.15) is 6.17 Å². The van der Waals surface area contributed by atoms with Gasteiger partial charge in [-0.1, -0.05) is 0 Å². The van der Waals surface area contributed by atoms with E-state index >= 15 is 0 Å². The zero-order chi connectivity index (χ0) is 10.0. The van der Waals surface area contributed by atoms with Crippen LogP contribution < -0.4 is 5.73 Å². The van der Waals surface area contributed by atoms with E-state index in [4.69, 9.17) is 17.3 Å². The van der Waals surface area contributed by atoms with Crippen LogP contribution in [0.5, 0.6) is 0 Å². The van der Waals surface area contributed by atoms with Gasteiger partial charge in [0.2, 0.25) is 11.1 Å². The Morgan fingerprint density at radius 2 is 2.23 bits per heavy atom. The van der Waals surface area contributed by atoms with E-state index in [1.807, 2.05) is 0 Å². The molecule has 0 aliphatic carbocycles. The van der Waals surface area contributed by atoms with E-state index in [-0.39, 0.29) is 19.5 Å². The minimum atomic E-state index is -1.10. The summed E-state index contributed by atoms with van der Waals surface area (Å²) >= 11 is 5.12. The highest BCUT2D eigenvalue weighted by Crippen LogP contribution is 2.19. The second-order valence-electron chi connectivity index (χ2n) is 3.04. The topological polar surface area (TPSA) is 63.4 Å². The predicted molar refractivity (Wildman–Crippen MR) is 44.9 cm³/mol. The van der Waals surface area contributed by atoms with Gasteiger partial charge in [0.15, 0.2) is 0 Å². The number of alkyl halides is 1. The Morgan fingerprint density at radius 1 is 1.62 bits per heavy atom. The molecule has 1 fully saturated rings. The van der Waals surface area contributed by atoms with Gasteiger partial charge < -0.3 is 5.73 Å². The third-order valence-corrected chi connectivity index (χ3v) is 2.13. The van der Waals surface area contributed by atoms with E-state index in [9.17, 15) is 14.0 Å². The van der Waals surface area contributed by atoms with Gasteiger partial charge in [0, 0.05) is 13.0 Å². The van der Waals surface area contributed by atoms with Crippen LogP contribution >= 0.6 is 11.6 Å². The number of nitrogens with two attached hydrogens (primary N) is 1. The number of likely N-dealkylation sites (tertiary alicyclic amines) is 1. The molecular formula is C7H10ClFN2O2. The number of carbonyl (C=O) groups excluding carboxylic acids is 2. The number of hydrogen-bond donors (Lipinski definition) is 1. The Labute approximate surface area is 79.8 Å². The number of halogens is 2. The highest BCUT2D eigenvalue weighted by molar-refractivity contribution is 6.64.